The molecular weight excluding hydrogens is 148 g/mol. The van der Waals surface area contributed by atoms with Crippen LogP contribution in [-0.2, 0) is 0 Å². The van der Waals surface area contributed by atoms with Crippen molar-refractivity contribution < 1.29 is 6.48 Å². The van der Waals surface area contributed by atoms with Crippen molar-refractivity contribution in [3.63, 3.8) is 0 Å². The summed E-state index contributed by atoms with van der Waals surface area (Å²) in [7, 11) is 0. The molecule has 0 radical (unpaired) electrons. The highest BCUT2D eigenvalue weighted by molar-refractivity contribution is 4.45. The molecule has 12 heavy (non-hydrogen) atoms. The Labute approximate surface area is 78.6 Å². The highest BCUT2D eigenvalue weighted by Gasteiger charge is 1.90. The topological polar surface area (TPSA) is 20.2 Å². The van der Waals surface area contributed by atoms with Crippen LogP contribution < -0.4 is 0 Å². The van der Waals surface area contributed by atoms with E-state index in [0.717, 1.165) is 6.42 Å². The maximum Gasteiger partial charge on any atom is 0.0564 e. The van der Waals surface area contributed by atoms with Crippen LogP contribution in [0.4, 0.5) is 0 Å². The van der Waals surface area contributed by atoms with Crippen molar-refractivity contribution in [2.45, 2.75) is 64.7 Å². The Morgan fingerprint density at radius 1 is 0.833 bits per heavy atom. The predicted octanol–water partition coefficient (Wildman–Crippen LogP) is 3.51. The van der Waals surface area contributed by atoms with E-state index >= 15 is 0 Å². The van der Waals surface area contributed by atoms with Gasteiger partial charge in [0, 0.05) is 6.58 Å². The quantitative estimate of drug-likeness (QED) is 0.529. The van der Waals surface area contributed by atoms with Crippen molar-refractivity contribution in [3.8, 4) is 0 Å². The lowest BCUT2D eigenvalue weighted by molar-refractivity contribution is 0.282. The molecule has 1 atom stereocenters. The SMILES string of the molecule is [2H]C(O)CCCCCCCCCC. The molecule has 0 saturated carbocycles. The highest BCUT2D eigenvalue weighted by atomic mass is 16.2. The third-order valence-corrected chi connectivity index (χ3v) is 2.19. The normalized spacial score (nSPS) is 14.3. The van der Waals surface area contributed by atoms with E-state index in [1.54, 1.807) is 0 Å². The van der Waals surface area contributed by atoms with Crippen LogP contribution in [0.15, 0.2) is 0 Å². The molecule has 0 bridgehead atoms. The molecule has 0 aliphatic heterocycles. The largest absolute Gasteiger partial charge is 0.396 e. The summed E-state index contributed by atoms with van der Waals surface area (Å²) in [5.74, 6) is 0. The molecule has 0 fully saturated rings. The summed E-state index contributed by atoms with van der Waals surface area (Å²) in [5.41, 5.74) is 0. The number of hydrogen-bond acceptors (Lipinski definition) is 1. The minimum atomic E-state index is -0.847. The van der Waals surface area contributed by atoms with Crippen LogP contribution in [0.25, 0.3) is 0 Å². The van der Waals surface area contributed by atoms with Crippen molar-refractivity contribution in [2.75, 3.05) is 6.58 Å². The Morgan fingerprint density at radius 3 is 1.67 bits per heavy atom. The van der Waals surface area contributed by atoms with Crippen molar-refractivity contribution >= 4 is 0 Å². The van der Waals surface area contributed by atoms with E-state index in [0.29, 0.717) is 6.42 Å². The molecule has 1 nitrogen and oxygen atoms in total. The molecule has 0 aliphatic carbocycles. The molecule has 1 N–H and O–H groups in total. The molecule has 0 rings (SSSR count). The molecule has 0 aromatic carbocycles. The first-order valence-electron chi connectivity index (χ1n) is 5.95. The van der Waals surface area contributed by atoms with Gasteiger partial charge in [-0.15, -0.1) is 0 Å². The van der Waals surface area contributed by atoms with Crippen LogP contribution in [-0.4, -0.2) is 11.7 Å². The van der Waals surface area contributed by atoms with Gasteiger partial charge in [-0.3, -0.25) is 0 Å². The monoisotopic (exact) mass is 173 g/mol. The van der Waals surface area contributed by atoms with Crippen LogP contribution in [0.1, 0.15) is 66.1 Å². The van der Waals surface area contributed by atoms with Gasteiger partial charge >= 0.3 is 0 Å². The van der Waals surface area contributed by atoms with E-state index in [9.17, 15) is 0 Å². The zero-order valence-electron chi connectivity index (χ0n) is 9.39. The summed E-state index contributed by atoms with van der Waals surface area (Å²) in [6, 6.07) is 0. The van der Waals surface area contributed by atoms with Crippen molar-refractivity contribution in [1.29, 1.82) is 0 Å². The van der Waals surface area contributed by atoms with Crippen molar-refractivity contribution in [2.24, 2.45) is 0 Å². The van der Waals surface area contributed by atoms with Crippen LogP contribution in [0.5, 0.6) is 0 Å². The van der Waals surface area contributed by atoms with Gasteiger partial charge in [0.1, 0.15) is 0 Å². The summed E-state index contributed by atoms with van der Waals surface area (Å²) in [4.78, 5) is 0. The Bertz CT molecular complexity index is 94.1. The van der Waals surface area contributed by atoms with Crippen molar-refractivity contribution in [1.82, 2.24) is 0 Å². The van der Waals surface area contributed by atoms with Gasteiger partial charge in [0.05, 0.1) is 1.37 Å². The fourth-order valence-electron chi connectivity index (χ4n) is 1.37. The fourth-order valence-corrected chi connectivity index (χ4v) is 1.37. The Kier molecular flexibility index (Phi) is 9.17. The van der Waals surface area contributed by atoms with Gasteiger partial charge < -0.3 is 5.11 Å². The van der Waals surface area contributed by atoms with Crippen LogP contribution in [0, 0.1) is 0 Å². The van der Waals surface area contributed by atoms with Gasteiger partial charge in [-0.25, -0.2) is 0 Å². The fraction of sp³-hybridized carbons (Fsp3) is 1.00. The number of aliphatic hydroxyl groups excluding tert-OH is 1. The van der Waals surface area contributed by atoms with E-state index in [1.807, 2.05) is 0 Å². The molecule has 0 spiro atoms. The predicted molar refractivity (Wildman–Crippen MR) is 54.3 cm³/mol. The lowest BCUT2D eigenvalue weighted by Crippen LogP contribution is -1.84. The molecular formula is C11H24O. The van der Waals surface area contributed by atoms with Crippen LogP contribution in [0.2, 0.25) is 0 Å². The third kappa shape index (κ3) is 9.96. The van der Waals surface area contributed by atoms with E-state index in [-0.39, 0.29) is 0 Å². The first-order chi connectivity index (χ1) is 6.27. The van der Waals surface area contributed by atoms with Crippen molar-refractivity contribution in [3.05, 3.63) is 0 Å². The molecule has 0 amide bonds. The first-order valence-corrected chi connectivity index (χ1v) is 5.37. The number of rotatable bonds is 9. The molecule has 0 saturated heterocycles. The lowest BCUT2D eigenvalue weighted by Gasteiger charge is -1.99. The molecule has 1 unspecified atom stereocenters. The minimum absolute atomic E-state index is 0.648. The average Bonchev–Trinajstić information content (AvgIpc) is 2.09. The maximum absolute atomic E-state index is 8.69. The molecule has 0 aromatic heterocycles. The molecule has 74 valence electrons. The Morgan fingerprint density at radius 2 is 1.25 bits per heavy atom. The second-order valence-corrected chi connectivity index (χ2v) is 3.45. The molecule has 1 heteroatoms. The second-order valence-electron chi connectivity index (χ2n) is 3.45. The van der Waals surface area contributed by atoms with E-state index in [2.05, 4.69) is 6.92 Å². The second kappa shape index (κ2) is 11.0. The lowest BCUT2D eigenvalue weighted by atomic mass is 10.1. The number of hydrogen-bond donors (Lipinski definition) is 1. The Hall–Kier alpha value is -0.0400. The molecule has 0 heterocycles. The van der Waals surface area contributed by atoms with E-state index in [4.69, 9.17) is 6.48 Å². The zero-order chi connectivity index (χ0) is 9.94. The summed E-state index contributed by atoms with van der Waals surface area (Å²) in [5, 5.41) is 8.69. The highest BCUT2D eigenvalue weighted by Crippen LogP contribution is 2.08. The van der Waals surface area contributed by atoms with Gasteiger partial charge in [0.2, 0.25) is 0 Å². The Balaban J connectivity index is 2.84. The van der Waals surface area contributed by atoms with Gasteiger partial charge in [-0.05, 0) is 6.42 Å². The van der Waals surface area contributed by atoms with Crippen LogP contribution >= 0.6 is 0 Å². The minimum Gasteiger partial charge on any atom is -0.396 e. The third-order valence-electron chi connectivity index (χ3n) is 2.19. The first kappa shape index (κ1) is 10.0. The number of unbranched alkanes of at least 4 members (excludes halogenated alkanes) is 7. The van der Waals surface area contributed by atoms with Gasteiger partial charge in [0.25, 0.3) is 0 Å². The molecule has 0 aliphatic rings. The van der Waals surface area contributed by atoms with Gasteiger partial charge in [-0.1, -0.05) is 58.3 Å². The molecule has 0 aromatic rings. The summed E-state index contributed by atoms with van der Waals surface area (Å²) >= 11 is 0. The smallest absolute Gasteiger partial charge is 0.0564 e. The van der Waals surface area contributed by atoms with Gasteiger partial charge in [-0.2, -0.15) is 0 Å². The summed E-state index contributed by atoms with van der Waals surface area (Å²) in [6.45, 7) is 1.38. The zero-order valence-corrected chi connectivity index (χ0v) is 8.39. The van der Waals surface area contributed by atoms with Gasteiger partial charge in [0.15, 0.2) is 0 Å². The maximum atomic E-state index is 8.69. The average molecular weight is 173 g/mol. The number of aliphatic hydroxyl groups is 1. The van der Waals surface area contributed by atoms with Crippen LogP contribution in [0.3, 0.4) is 0 Å². The summed E-state index contributed by atoms with van der Waals surface area (Å²) < 4.78 is 6.90. The summed E-state index contributed by atoms with van der Waals surface area (Å²) in [6.07, 6.45) is 10.9. The standard InChI is InChI=1S/C11H24O/c1-2-3-4-5-6-7-8-9-10-11-12/h12H,2-11H2,1H3/i11D. The van der Waals surface area contributed by atoms with E-state index in [1.165, 1.54) is 44.9 Å². The van der Waals surface area contributed by atoms with E-state index < -0.39 is 6.58 Å².